The first-order valence-corrected chi connectivity index (χ1v) is 6.09. The van der Waals surface area contributed by atoms with Gasteiger partial charge in [0.15, 0.2) is 0 Å². The number of aromatic nitrogens is 2. The molecule has 17 heavy (non-hydrogen) atoms. The molecule has 2 N–H and O–H groups in total. The van der Waals surface area contributed by atoms with Crippen molar-refractivity contribution in [3.63, 3.8) is 0 Å². The van der Waals surface area contributed by atoms with Crippen molar-refractivity contribution < 1.29 is 0 Å². The van der Waals surface area contributed by atoms with E-state index in [1.807, 2.05) is 25.7 Å². The summed E-state index contributed by atoms with van der Waals surface area (Å²) in [5, 5.41) is 4.39. The van der Waals surface area contributed by atoms with Crippen molar-refractivity contribution in [3.05, 3.63) is 11.3 Å². The minimum Gasteiger partial charge on any atom is -0.389 e. The highest BCUT2D eigenvalue weighted by Crippen LogP contribution is 2.25. The molecular formula is C12H22N4S. The van der Waals surface area contributed by atoms with Gasteiger partial charge in [0, 0.05) is 20.6 Å². The Hall–Kier alpha value is -1.10. The van der Waals surface area contributed by atoms with E-state index in [-0.39, 0.29) is 5.41 Å². The third kappa shape index (κ3) is 3.19. The van der Waals surface area contributed by atoms with E-state index in [9.17, 15) is 0 Å². The van der Waals surface area contributed by atoms with Gasteiger partial charge < -0.3 is 10.6 Å². The fourth-order valence-corrected chi connectivity index (χ4v) is 2.40. The molecule has 0 radical (unpaired) electrons. The van der Waals surface area contributed by atoms with Gasteiger partial charge in [-0.1, -0.05) is 33.0 Å². The van der Waals surface area contributed by atoms with Crippen LogP contribution >= 0.6 is 12.2 Å². The summed E-state index contributed by atoms with van der Waals surface area (Å²) < 4.78 is 1.84. The van der Waals surface area contributed by atoms with E-state index in [1.54, 1.807) is 0 Å². The van der Waals surface area contributed by atoms with Gasteiger partial charge in [0.1, 0.15) is 10.8 Å². The second-order valence-electron chi connectivity index (χ2n) is 5.69. The van der Waals surface area contributed by atoms with Crippen molar-refractivity contribution in [3.8, 4) is 0 Å². The molecule has 0 aliphatic heterocycles. The van der Waals surface area contributed by atoms with Gasteiger partial charge in [-0.05, 0) is 12.3 Å². The quantitative estimate of drug-likeness (QED) is 0.836. The summed E-state index contributed by atoms with van der Waals surface area (Å²) >= 11 is 5.11. The molecule has 0 fully saturated rings. The molecule has 1 rings (SSSR count). The lowest BCUT2D eigenvalue weighted by atomic mass is 9.96. The maximum atomic E-state index is 5.78. The molecule has 0 aliphatic carbocycles. The van der Waals surface area contributed by atoms with E-state index in [0.29, 0.717) is 4.99 Å². The highest BCUT2D eigenvalue weighted by Gasteiger charge is 2.22. The fraction of sp³-hybridized carbons (Fsp3) is 0.667. The number of rotatable bonds is 3. The number of hydrogen-bond donors (Lipinski definition) is 1. The van der Waals surface area contributed by atoms with Crippen LogP contribution < -0.4 is 10.6 Å². The molecule has 1 aromatic rings. The lowest BCUT2D eigenvalue weighted by molar-refractivity contribution is 0.416. The Balaban J connectivity index is 3.17. The molecule has 0 amide bonds. The van der Waals surface area contributed by atoms with Gasteiger partial charge in [-0.2, -0.15) is 5.10 Å². The summed E-state index contributed by atoms with van der Waals surface area (Å²) in [6, 6.07) is 0. The third-order valence-electron chi connectivity index (χ3n) is 2.51. The highest BCUT2D eigenvalue weighted by atomic mass is 32.1. The standard InChI is InChI=1S/C12H22N4S/c1-8-9(10(13)17)11(16(6)14-8)15(5)7-12(2,3)4/h7H2,1-6H3,(H2,13,17). The SMILES string of the molecule is Cc1nn(C)c(N(C)CC(C)(C)C)c1C(N)=S. The zero-order valence-corrected chi connectivity index (χ0v) is 12.4. The summed E-state index contributed by atoms with van der Waals surface area (Å²) in [5.74, 6) is 0.991. The van der Waals surface area contributed by atoms with Crippen LogP contribution in [-0.4, -0.2) is 28.4 Å². The minimum atomic E-state index is 0.209. The van der Waals surface area contributed by atoms with Crippen molar-refractivity contribution in [2.24, 2.45) is 18.2 Å². The molecule has 0 aromatic carbocycles. The Bertz CT molecular complexity index is 428. The number of anilines is 1. The fourth-order valence-electron chi connectivity index (χ4n) is 2.16. The Morgan fingerprint density at radius 1 is 1.47 bits per heavy atom. The van der Waals surface area contributed by atoms with E-state index < -0.39 is 0 Å². The second-order valence-corrected chi connectivity index (χ2v) is 6.13. The summed E-state index contributed by atoms with van der Waals surface area (Å²) in [7, 11) is 3.97. The van der Waals surface area contributed by atoms with E-state index >= 15 is 0 Å². The first-order chi connectivity index (χ1) is 7.63. The van der Waals surface area contributed by atoms with Crippen molar-refractivity contribution in [1.82, 2.24) is 9.78 Å². The molecule has 0 saturated heterocycles. The zero-order chi connectivity index (χ0) is 13.4. The maximum Gasteiger partial charge on any atom is 0.136 e. The summed E-state index contributed by atoms with van der Waals surface area (Å²) in [4.78, 5) is 2.57. The monoisotopic (exact) mass is 254 g/mol. The molecule has 1 heterocycles. The second kappa shape index (κ2) is 4.64. The number of nitrogens with two attached hydrogens (primary N) is 1. The van der Waals surface area contributed by atoms with Gasteiger partial charge in [0.25, 0.3) is 0 Å². The topological polar surface area (TPSA) is 47.1 Å². The van der Waals surface area contributed by atoms with Crippen LogP contribution in [0.5, 0.6) is 0 Å². The summed E-state index contributed by atoms with van der Waals surface area (Å²) in [5.41, 5.74) is 7.76. The van der Waals surface area contributed by atoms with E-state index in [4.69, 9.17) is 18.0 Å². The largest absolute Gasteiger partial charge is 0.389 e. The molecule has 0 unspecified atom stereocenters. The van der Waals surface area contributed by atoms with Crippen LogP contribution in [0.2, 0.25) is 0 Å². The molecule has 0 saturated carbocycles. The van der Waals surface area contributed by atoms with E-state index in [2.05, 4.69) is 30.8 Å². The van der Waals surface area contributed by atoms with Gasteiger partial charge in [0.2, 0.25) is 0 Å². The Labute approximate surface area is 109 Å². The number of thiocarbonyl (C=S) groups is 1. The number of nitrogens with zero attached hydrogens (tertiary/aromatic N) is 3. The Morgan fingerprint density at radius 2 is 2.00 bits per heavy atom. The van der Waals surface area contributed by atoms with Gasteiger partial charge in [-0.25, -0.2) is 0 Å². The lowest BCUT2D eigenvalue weighted by Gasteiger charge is -2.28. The van der Waals surface area contributed by atoms with Crippen LogP contribution in [0.4, 0.5) is 5.82 Å². The minimum absolute atomic E-state index is 0.209. The summed E-state index contributed by atoms with van der Waals surface area (Å²) in [6.45, 7) is 9.46. The van der Waals surface area contributed by atoms with Crippen LogP contribution in [-0.2, 0) is 7.05 Å². The normalized spacial score (nSPS) is 11.6. The number of hydrogen-bond acceptors (Lipinski definition) is 3. The van der Waals surface area contributed by atoms with Crippen molar-refractivity contribution in [1.29, 1.82) is 0 Å². The highest BCUT2D eigenvalue weighted by molar-refractivity contribution is 7.80. The Kier molecular flexibility index (Phi) is 3.81. The van der Waals surface area contributed by atoms with Crippen molar-refractivity contribution in [2.45, 2.75) is 27.7 Å². The molecule has 4 nitrogen and oxygen atoms in total. The average Bonchev–Trinajstić information content (AvgIpc) is 2.37. The zero-order valence-electron chi connectivity index (χ0n) is 11.5. The molecule has 96 valence electrons. The predicted molar refractivity (Wildman–Crippen MR) is 76.6 cm³/mol. The first-order valence-electron chi connectivity index (χ1n) is 5.68. The lowest BCUT2D eigenvalue weighted by Crippen LogP contribution is -2.32. The van der Waals surface area contributed by atoms with Gasteiger partial charge in [0.05, 0.1) is 11.3 Å². The third-order valence-corrected chi connectivity index (χ3v) is 2.72. The van der Waals surface area contributed by atoms with Crippen LogP contribution in [0.1, 0.15) is 32.0 Å². The molecule has 5 heteroatoms. The maximum absolute atomic E-state index is 5.78. The van der Waals surface area contributed by atoms with Gasteiger partial charge >= 0.3 is 0 Å². The molecule has 0 bridgehead atoms. The van der Waals surface area contributed by atoms with E-state index in [1.165, 1.54) is 0 Å². The molecular weight excluding hydrogens is 232 g/mol. The molecule has 0 aliphatic rings. The van der Waals surface area contributed by atoms with Gasteiger partial charge in [-0.3, -0.25) is 4.68 Å². The van der Waals surface area contributed by atoms with Crippen LogP contribution in [0.15, 0.2) is 0 Å². The molecule has 0 atom stereocenters. The van der Waals surface area contributed by atoms with Crippen LogP contribution in [0.25, 0.3) is 0 Å². The molecule has 0 spiro atoms. The number of aryl methyl sites for hydroxylation is 2. The van der Waals surface area contributed by atoms with Crippen LogP contribution in [0.3, 0.4) is 0 Å². The average molecular weight is 254 g/mol. The first kappa shape index (κ1) is 14.0. The van der Waals surface area contributed by atoms with Crippen molar-refractivity contribution >= 4 is 23.0 Å². The Morgan fingerprint density at radius 3 is 2.41 bits per heavy atom. The smallest absolute Gasteiger partial charge is 0.136 e. The predicted octanol–water partition coefficient (Wildman–Crippen LogP) is 1.85. The van der Waals surface area contributed by atoms with Gasteiger partial charge in [-0.15, -0.1) is 0 Å². The van der Waals surface area contributed by atoms with Crippen molar-refractivity contribution in [2.75, 3.05) is 18.5 Å². The van der Waals surface area contributed by atoms with E-state index in [0.717, 1.165) is 23.6 Å². The van der Waals surface area contributed by atoms with Crippen LogP contribution in [0, 0.1) is 12.3 Å². The summed E-state index contributed by atoms with van der Waals surface area (Å²) in [6.07, 6.45) is 0. The molecule has 1 aromatic heterocycles.